The van der Waals surface area contributed by atoms with E-state index in [1.807, 2.05) is 0 Å². The average molecular weight is 403 g/mol. The van der Waals surface area contributed by atoms with Crippen LogP contribution in [0.15, 0.2) is 36.4 Å². The van der Waals surface area contributed by atoms with Crippen molar-refractivity contribution < 1.29 is 22.7 Å². The summed E-state index contributed by atoms with van der Waals surface area (Å²) in [4.78, 5) is 28.4. The monoisotopic (exact) mass is 403 g/mol. The minimum Gasteiger partial charge on any atom is -0.462 e. The first kappa shape index (κ1) is 19.8. The van der Waals surface area contributed by atoms with E-state index < -0.39 is 21.9 Å². The van der Waals surface area contributed by atoms with Crippen molar-refractivity contribution >= 4 is 33.3 Å². The third-order valence-electron chi connectivity index (χ3n) is 4.33. The molecule has 0 spiro atoms. The van der Waals surface area contributed by atoms with Crippen molar-refractivity contribution in [1.29, 1.82) is 0 Å². The fourth-order valence-corrected chi connectivity index (χ4v) is 4.51. The van der Waals surface area contributed by atoms with E-state index in [-0.39, 0.29) is 18.1 Å². The third kappa shape index (κ3) is 4.14. The summed E-state index contributed by atoms with van der Waals surface area (Å²) in [5, 5.41) is 2.71. The second-order valence-electron chi connectivity index (χ2n) is 6.29. The van der Waals surface area contributed by atoms with Gasteiger partial charge in [-0.3, -0.25) is 9.10 Å². The number of nitrogens with one attached hydrogen (secondary N) is 1. The molecule has 0 bridgehead atoms. The maximum absolute atomic E-state index is 12.4. The van der Waals surface area contributed by atoms with Crippen LogP contribution < -0.4 is 9.62 Å². The molecule has 2 aromatic rings. The second-order valence-corrected chi connectivity index (χ2v) is 8.31. The smallest absolute Gasteiger partial charge is 0.339 e. The fourth-order valence-electron chi connectivity index (χ4n) is 2.95. The Kier molecular flexibility index (Phi) is 5.64. The quantitative estimate of drug-likeness (QED) is 0.769. The minimum absolute atomic E-state index is 0.151. The number of nitrogens with zero attached hydrogens (tertiary/aromatic N) is 2. The second kappa shape index (κ2) is 7.97. The number of ether oxygens (including phenoxy) is 1. The summed E-state index contributed by atoms with van der Waals surface area (Å²) in [5.74, 6) is -0.759. The molecule has 1 fully saturated rings. The highest BCUT2D eigenvalue weighted by molar-refractivity contribution is 7.93. The molecule has 0 radical (unpaired) electrons. The molecule has 1 N–H and O–H groups in total. The molecular weight excluding hydrogens is 382 g/mol. The number of amides is 1. The number of rotatable bonds is 5. The van der Waals surface area contributed by atoms with Crippen LogP contribution in [0.5, 0.6) is 0 Å². The Labute approximate surface area is 163 Å². The van der Waals surface area contributed by atoms with Gasteiger partial charge in [-0.05, 0) is 56.7 Å². The molecule has 2 heterocycles. The lowest BCUT2D eigenvalue weighted by Crippen LogP contribution is -2.25. The van der Waals surface area contributed by atoms with Gasteiger partial charge in [0.25, 0.3) is 5.91 Å². The Morgan fingerprint density at radius 2 is 1.89 bits per heavy atom. The highest BCUT2D eigenvalue weighted by atomic mass is 32.2. The summed E-state index contributed by atoms with van der Waals surface area (Å²) in [6.45, 7) is 4.07. The van der Waals surface area contributed by atoms with Gasteiger partial charge in [-0.15, -0.1) is 0 Å². The molecule has 1 aliphatic heterocycles. The molecular formula is C19H21N3O5S. The summed E-state index contributed by atoms with van der Waals surface area (Å²) >= 11 is 0. The van der Waals surface area contributed by atoms with Crippen LogP contribution in [-0.4, -0.2) is 44.2 Å². The Morgan fingerprint density at radius 1 is 1.18 bits per heavy atom. The number of esters is 1. The number of pyridine rings is 1. The molecule has 1 aliphatic rings. The van der Waals surface area contributed by atoms with Crippen molar-refractivity contribution in [3.63, 3.8) is 0 Å². The molecule has 28 heavy (non-hydrogen) atoms. The molecule has 9 heteroatoms. The van der Waals surface area contributed by atoms with Crippen molar-refractivity contribution in [1.82, 2.24) is 4.98 Å². The molecule has 1 aromatic carbocycles. The van der Waals surface area contributed by atoms with E-state index in [1.165, 1.54) is 16.4 Å². The molecule has 148 valence electrons. The molecule has 1 saturated heterocycles. The number of aryl methyl sites for hydroxylation is 1. The van der Waals surface area contributed by atoms with E-state index >= 15 is 0 Å². The lowest BCUT2D eigenvalue weighted by molar-refractivity contribution is 0.0524. The van der Waals surface area contributed by atoms with Crippen LogP contribution in [0.1, 0.15) is 39.9 Å². The molecule has 8 nitrogen and oxygen atoms in total. The SMILES string of the molecule is CCOC(=O)c1ccc(C(=O)Nc2ccc(N3CCCS3(=O)=O)cc2)nc1C. The van der Waals surface area contributed by atoms with Crippen LogP contribution in [0.2, 0.25) is 0 Å². The van der Waals surface area contributed by atoms with E-state index in [2.05, 4.69) is 10.3 Å². The number of carbonyl (C=O) groups excluding carboxylic acids is 2. The van der Waals surface area contributed by atoms with Gasteiger partial charge in [-0.2, -0.15) is 0 Å². The van der Waals surface area contributed by atoms with Crippen LogP contribution in [0, 0.1) is 6.92 Å². The highest BCUT2D eigenvalue weighted by Gasteiger charge is 2.28. The van der Waals surface area contributed by atoms with Gasteiger partial charge in [0.15, 0.2) is 0 Å². The number of carbonyl (C=O) groups is 2. The Bertz CT molecular complexity index is 1000. The van der Waals surface area contributed by atoms with Crippen molar-refractivity contribution in [2.75, 3.05) is 28.5 Å². The van der Waals surface area contributed by atoms with Crippen molar-refractivity contribution in [3.8, 4) is 0 Å². The van der Waals surface area contributed by atoms with Gasteiger partial charge in [-0.1, -0.05) is 0 Å². The Balaban J connectivity index is 1.71. The predicted octanol–water partition coefficient (Wildman–Crippen LogP) is 2.36. The number of anilines is 2. The van der Waals surface area contributed by atoms with E-state index in [0.717, 1.165) is 0 Å². The van der Waals surface area contributed by atoms with E-state index in [4.69, 9.17) is 4.74 Å². The fraction of sp³-hybridized carbons (Fsp3) is 0.316. The van der Waals surface area contributed by atoms with E-state index in [0.29, 0.717) is 35.6 Å². The molecule has 3 rings (SSSR count). The molecule has 0 atom stereocenters. The number of aromatic nitrogens is 1. The Morgan fingerprint density at radius 3 is 2.46 bits per heavy atom. The summed E-state index contributed by atoms with van der Waals surface area (Å²) in [5.41, 5.74) is 1.97. The average Bonchev–Trinajstić information content (AvgIpc) is 3.01. The van der Waals surface area contributed by atoms with Crippen LogP contribution in [0.25, 0.3) is 0 Å². The van der Waals surface area contributed by atoms with Gasteiger partial charge in [0.1, 0.15) is 5.69 Å². The summed E-state index contributed by atoms with van der Waals surface area (Å²) in [6, 6.07) is 9.56. The molecule has 1 aromatic heterocycles. The zero-order valence-corrected chi connectivity index (χ0v) is 16.5. The van der Waals surface area contributed by atoms with Crippen LogP contribution >= 0.6 is 0 Å². The summed E-state index contributed by atoms with van der Waals surface area (Å²) in [6.07, 6.45) is 0.605. The largest absolute Gasteiger partial charge is 0.462 e. The first-order chi connectivity index (χ1) is 13.3. The van der Waals surface area contributed by atoms with Crippen molar-refractivity contribution in [2.45, 2.75) is 20.3 Å². The zero-order valence-electron chi connectivity index (χ0n) is 15.6. The zero-order chi connectivity index (χ0) is 20.3. The third-order valence-corrected chi connectivity index (χ3v) is 6.20. The predicted molar refractivity (Wildman–Crippen MR) is 105 cm³/mol. The van der Waals surface area contributed by atoms with E-state index in [1.54, 1.807) is 38.1 Å². The maximum atomic E-state index is 12.4. The number of benzene rings is 1. The molecule has 0 saturated carbocycles. The lowest BCUT2D eigenvalue weighted by atomic mass is 10.2. The van der Waals surface area contributed by atoms with Gasteiger partial charge in [0.05, 0.1) is 29.3 Å². The van der Waals surface area contributed by atoms with Gasteiger partial charge in [0.2, 0.25) is 10.0 Å². The van der Waals surface area contributed by atoms with Gasteiger partial charge >= 0.3 is 5.97 Å². The van der Waals surface area contributed by atoms with Crippen molar-refractivity contribution in [3.05, 3.63) is 53.3 Å². The maximum Gasteiger partial charge on any atom is 0.339 e. The molecule has 0 unspecified atom stereocenters. The highest BCUT2D eigenvalue weighted by Crippen LogP contribution is 2.25. The van der Waals surface area contributed by atoms with Crippen LogP contribution in [0.3, 0.4) is 0 Å². The van der Waals surface area contributed by atoms with Gasteiger partial charge in [-0.25, -0.2) is 18.2 Å². The number of hydrogen-bond acceptors (Lipinski definition) is 6. The summed E-state index contributed by atoms with van der Waals surface area (Å²) < 4.78 is 30.3. The topological polar surface area (TPSA) is 106 Å². The van der Waals surface area contributed by atoms with Crippen molar-refractivity contribution in [2.24, 2.45) is 0 Å². The Hall–Kier alpha value is -2.94. The number of hydrogen-bond donors (Lipinski definition) is 1. The first-order valence-corrected chi connectivity index (χ1v) is 10.5. The van der Waals surface area contributed by atoms with Gasteiger partial charge < -0.3 is 10.1 Å². The summed E-state index contributed by atoms with van der Waals surface area (Å²) in [7, 11) is -3.24. The lowest BCUT2D eigenvalue weighted by Gasteiger charge is -2.17. The van der Waals surface area contributed by atoms with Gasteiger partial charge in [0, 0.05) is 12.2 Å². The minimum atomic E-state index is -3.24. The normalized spacial score (nSPS) is 15.3. The molecule has 1 amide bonds. The first-order valence-electron chi connectivity index (χ1n) is 8.88. The molecule has 0 aliphatic carbocycles. The van der Waals surface area contributed by atoms with E-state index in [9.17, 15) is 18.0 Å². The van der Waals surface area contributed by atoms with Crippen LogP contribution in [0.4, 0.5) is 11.4 Å². The standard InChI is InChI=1S/C19H21N3O5S/c1-3-27-19(24)16-9-10-17(20-13(16)2)18(23)21-14-5-7-15(8-6-14)22-11-4-12-28(22,25)26/h5-10H,3-4,11-12H2,1-2H3,(H,21,23). The number of sulfonamides is 1. The van der Waals surface area contributed by atoms with Crippen LogP contribution in [-0.2, 0) is 14.8 Å².